The Kier molecular flexibility index (Phi) is 3.82. The Morgan fingerprint density at radius 1 is 1.38 bits per heavy atom. The zero-order valence-corrected chi connectivity index (χ0v) is 11.1. The first-order valence-corrected chi connectivity index (χ1v) is 6.98. The fraction of sp³-hybridized carbons (Fsp3) is 0.571. The topological polar surface area (TPSA) is 12.0 Å². The van der Waals surface area contributed by atoms with Gasteiger partial charge in [-0.1, -0.05) is 18.6 Å². The van der Waals surface area contributed by atoms with Crippen LogP contribution in [-0.4, -0.2) is 7.05 Å². The predicted octanol–water partition coefficient (Wildman–Crippen LogP) is 3.85. The van der Waals surface area contributed by atoms with E-state index in [-0.39, 0.29) is 0 Å². The highest BCUT2D eigenvalue weighted by Crippen LogP contribution is 2.34. The average molecular weight is 235 g/mol. The molecule has 2 heteroatoms. The number of aryl methyl sites for hydroxylation is 2. The van der Waals surface area contributed by atoms with Crippen molar-refractivity contribution in [1.82, 2.24) is 5.32 Å². The molecule has 0 aromatic carbocycles. The van der Waals surface area contributed by atoms with Gasteiger partial charge in [0, 0.05) is 9.75 Å². The Morgan fingerprint density at radius 3 is 2.81 bits per heavy atom. The van der Waals surface area contributed by atoms with E-state index in [1.807, 2.05) is 18.4 Å². The minimum atomic E-state index is 0.344. The largest absolute Gasteiger partial charge is 0.309 e. The molecule has 1 aromatic rings. The quantitative estimate of drug-likeness (QED) is 0.620. The number of thiophene rings is 1. The van der Waals surface area contributed by atoms with Crippen LogP contribution in [0.3, 0.4) is 0 Å². The minimum absolute atomic E-state index is 0.344. The predicted molar refractivity (Wildman–Crippen MR) is 72.2 cm³/mol. The molecule has 1 aliphatic carbocycles. The van der Waals surface area contributed by atoms with Gasteiger partial charge in [0.15, 0.2) is 0 Å². The second-order valence-corrected chi connectivity index (χ2v) is 5.89. The van der Waals surface area contributed by atoms with Gasteiger partial charge in [0.05, 0.1) is 6.04 Å². The van der Waals surface area contributed by atoms with Gasteiger partial charge in [0.1, 0.15) is 0 Å². The van der Waals surface area contributed by atoms with Gasteiger partial charge >= 0.3 is 0 Å². The summed E-state index contributed by atoms with van der Waals surface area (Å²) in [4.78, 5) is 3.07. The molecular formula is C14H21NS. The molecule has 0 amide bonds. The van der Waals surface area contributed by atoms with Crippen molar-refractivity contribution in [2.24, 2.45) is 0 Å². The molecule has 0 aliphatic heterocycles. The van der Waals surface area contributed by atoms with Crippen molar-refractivity contribution >= 4 is 11.3 Å². The molecule has 16 heavy (non-hydrogen) atoms. The number of rotatable bonds is 3. The van der Waals surface area contributed by atoms with E-state index < -0.39 is 0 Å². The molecule has 0 spiro atoms. The van der Waals surface area contributed by atoms with Crippen molar-refractivity contribution < 1.29 is 0 Å². The molecule has 1 aromatic heterocycles. The third-order valence-electron chi connectivity index (χ3n) is 3.33. The van der Waals surface area contributed by atoms with Crippen molar-refractivity contribution in [1.29, 1.82) is 0 Å². The highest BCUT2D eigenvalue weighted by molar-refractivity contribution is 7.12. The number of hydrogen-bond acceptors (Lipinski definition) is 2. The van der Waals surface area contributed by atoms with Crippen LogP contribution in [0, 0.1) is 0 Å². The molecule has 0 fully saturated rings. The molecule has 88 valence electrons. The van der Waals surface area contributed by atoms with Gasteiger partial charge in [0.2, 0.25) is 0 Å². The van der Waals surface area contributed by atoms with E-state index in [0.717, 1.165) is 0 Å². The molecule has 1 aliphatic rings. The Bertz CT molecular complexity index is 355. The van der Waals surface area contributed by atoms with E-state index in [0.29, 0.717) is 6.04 Å². The minimum Gasteiger partial charge on any atom is -0.309 e. The Hall–Kier alpha value is -0.600. The zero-order chi connectivity index (χ0) is 11.5. The highest BCUT2D eigenvalue weighted by atomic mass is 32.1. The maximum absolute atomic E-state index is 4.07. The smallest absolute Gasteiger partial charge is 0.0622 e. The standard InChI is InChI=1S/C14H21NS/c1-10(2)14(15-3)13-9-11-7-5-4-6-8-12(11)16-13/h9,14-15H,1,4-8H2,2-3H3. The van der Waals surface area contributed by atoms with E-state index in [9.17, 15) is 0 Å². The monoisotopic (exact) mass is 235 g/mol. The Morgan fingerprint density at radius 2 is 2.12 bits per heavy atom. The van der Waals surface area contributed by atoms with Crippen molar-refractivity contribution in [3.8, 4) is 0 Å². The number of nitrogens with one attached hydrogen (secondary N) is 1. The van der Waals surface area contributed by atoms with Crippen LogP contribution in [0.2, 0.25) is 0 Å². The SMILES string of the molecule is C=C(C)C(NC)c1cc2c(s1)CCCCC2. The van der Waals surface area contributed by atoms with Gasteiger partial charge in [-0.05, 0) is 51.3 Å². The first-order chi connectivity index (χ1) is 7.72. The number of hydrogen-bond donors (Lipinski definition) is 1. The third kappa shape index (κ3) is 2.38. The molecule has 1 atom stereocenters. The van der Waals surface area contributed by atoms with Crippen LogP contribution < -0.4 is 5.32 Å². The van der Waals surface area contributed by atoms with E-state index in [2.05, 4.69) is 24.9 Å². The summed E-state index contributed by atoms with van der Waals surface area (Å²) in [7, 11) is 2.02. The van der Waals surface area contributed by atoms with Gasteiger partial charge in [-0.15, -0.1) is 11.3 Å². The van der Waals surface area contributed by atoms with Crippen LogP contribution in [0.1, 0.15) is 47.5 Å². The highest BCUT2D eigenvalue weighted by Gasteiger charge is 2.17. The van der Waals surface area contributed by atoms with Gasteiger partial charge < -0.3 is 5.32 Å². The van der Waals surface area contributed by atoms with Crippen molar-refractivity contribution in [2.45, 2.75) is 45.1 Å². The summed E-state index contributed by atoms with van der Waals surface area (Å²) < 4.78 is 0. The van der Waals surface area contributed by atoms with Crippen LogP contribution in [0.15, 0.2) is 18.2 Å². The second kappa shape index (κ2) is 5.15. The zero-order valence-electron chi connectivity index (χ0n) is 10.3. The molecule has 1 N–H and O–H groups in total. The lowest BCUT2D eigenvalue weighted by molar-refractivity contribution is 0.688. The number of fused-ring (bicyclic) bond motifs is 1. The molecule has 2 rings (SSSR count). The summed E-state index contributed by atoms with van der Waals surface area (Å²) in [6, 6.07) is 2.75. The fourth-order valence-corrected chi connectivity index (χ4v) is 3.93. The van der Waals surface area contributed by atoms with Crippen molar-refractivity contribution in [3.05, 3.63) is 33.5 Å². The lowest BCUT2D eigenvalue weighted by atomic mass is 10.1. The lowest BCUT2D eigenvalue weighted by Crippen LogP contribution is -2.15. The maximum Gasteiger partial charge on any atom is 0.0622 e. The van der Waals surface area contributed by atoms with Crippen LogP contribution >= 0.6 is 11.3 Å². The maximum atomic E-state index is 4.07. The third-order valence-corrected chi connectivity index (χ3v) is 4.63. The molecular weight excluding hydrogens is 214 g/mol. The van der Waals surface area contributed by atoms with Crippen LogP contribution in [0.5, 0.6) is 0 Å². The van der Waals surface area contributed by atoms with Gasteiger partial charge in [0.25, 0.3) is 0 Å². The van der Waals surface area contributed by atoms with E-state index in [4.69, 9.17) is 0 Å². The summed E-state index contributed by atoms with van der Waals surface area (Å²) in [6.07, 6.45) is 6.68. The summed E-state index contributed by atoms with van der Waals surface area (Å²) in [6.45, 7) is 6.17. The molecule has 0 radical (unpaired) electrons. The fourth-order valence-electron chi connectivity index (χ4n) is 2.46. The first-order valence-electron chi connectivity index (χ1n) is 6.16. The number of likely N-dealkylation sites (N-methyl/N-ethyl adjacent to an activating group) is 1. The molecule has 1 nitrogen and oxygen atoms in total. The molecule has 0 bridgehead atoms. The van der Waals surface area contributed by atoms with E-state index in [1.54, 1.807) is 10.4 Å². The first kappa shape index (κ1) is 11.9. The summed E-state index contributed by atoms with van der Waals surface area (Å²) in [5, 5.41) is 3.35. The van der Waals surface area contributed by atoms with Gasteiger partial charge in [-0.2, -0.15) is 0 Å². The van der Waals surface area contributed by atoms with Crippen LogP contribution in [0.25, 0.3) is 0 Å². The summed E-state index contributed by atoms with van der Waals surface area (Å²) >= 11 is 1.99. The average Bonchev–Trinajstić information content (AvgIpc) is 2.50. The van der Waals surface area contributed by atoms with Crippen LogP contribution in [-0.2, 0) is 12.8 Å². The summed E-state index contributed by atoms with van der Waals surface area (Å²) in [5.74, 6) is 0. The van der Waals surface area contributed by atoms with Crippen LogP contribution in [0.4, 0.5) is 0 Å². The van der Waals surface area contributed by atoms with E-state index in [1.165, 1.54) is 42.6 Å². The molecule has 1 unspecified atom stereocenters. The van der Waals surface area contributed by atoms with E-state index >= 15 is 0 Å². The Labute approximate surface area is 103 Å². The molecule has 1 heterocycles. The summed E-state index contributed by atoms with van der Waals surface area (Å²) in [5.41, 5.74) is 2.80. The van der Waals surface area contributed by atoms with Crippen molar-refractivity contribution in [3.63, 3.8) is 0 Å². The Balaban J connectivity index is 2.26. The normalized spacial score (nSPS) is 17.6. The molecule has 0 saturated heterocycles. The molecule has 0 saturated carbocycles. The van der Waals surface area contributed by atoms with Gasteiger partial charge in [-0.25, -0.2) is 0 Å². The lowest BCUT2D eigenvalue weighted by Gasteiger charge is -2.13. The second-order valence-electron chi connectivity index (χ2n) is 4.73. The van der Waals surface area contributed by atoms with Crippen molar-refractivity contribution in [2.75, 3.05) is 7.05 Å². The van der Waals surface area contributed by atoms with Gasteiger partial charge in [-0.3, -0.25) is 0 Å².